The number of rotatable bonds is 3. The zero-order valence-corrected chi connectivity index (χ0v) is 10.7. The maximum atomic E-state index is 12.1. The molecule has 0 aromatic carbocycles. The van der Waals surface area contributed by atoms with E-state index in [0.717, 1.165) is 0 Å². The Hall–Kier alpha value is -1.19. The molecule has 0 radical (unpaired) electrons. The predicted octanol–water partition coefficient (Wildman–Crippen LogP) is 1.50. The van der Waals surface area contributed by atoms with Gasteiger partial charge in [-0.25, -0.2) is 0 Å². The second-order valence-corrected chi connectivity index (χ2v) is 5.02. The Morgan fingerprint density at radius 2 is 1.94 bits per heavy atom. The van der Waals surface area contributed by atoms with E-state index in [1.165, 1.54) is 6.92 Å². The van der Waals surface area contributed by atoms with E-state index in [4.69, 9.17) is 0 Å². The van der Waals surface area contributed by atoms with Gasteiger partial charge in [-0.05, 0) is 13.8 Å². The molecule has 0 saturated carbocycles. The summed E-state index contributed by atoms with van der Waals surface area (Å²) < 4.78 is 0. The second-order valence-electron chi connectivity index (χ2n) is 5.02. The minimum atomic E-state index is -0.670. The van der Waals surface area contributed by atoms with E-state index in [2.05, 4.69) is 4.99 Å². The number of Topliss-reactive ketones (excluding diaryl/α,β-unsaturated/α-hetero) is 1. The Bertz CT molecular complexity index is 343. The number of aliphatic imine (C=N–C) groups is 1. The molecule has 4 nitrogen and oxygen atoms in total. The molecule has 0 bridgehead atoms. The first-order valence-corrected chi connectivity index (χ1v) is 5.65. The van der Waals surface area contributed by atoms with Crippen molar-refractivity contribution in [3.8, 4) is 0 Å². The molecule has 1 aliphatic rings. The quantitative estimate of drug-likeness (QED) is 0.729. The number of carbonyl (C=O) groups excluding carboxylic acids is 2. The van der Waals surface area contributed by atoms with Crippen molar-refractivity contribution in [3.63, 3.8) is 0 Å². The molecule has 1 amide bonds. The average molecular weight is 224 g/mol. The van der Waals surface area contributed by atoms with Crippen molar-refractivity contribution in [2.45, 2.75) is 34.6 Å². The van der Waals surface area contributed by atoms with Crippen molar-refractivity contribution in [3.05, 3.63) is 0 Å². The smallest absolute Gasteiger partial charge is 0.224 e. The van der Waals surface area contributed by atoms with E-state index in [1.54, 1.807) is 4.90 Å². The fourth-order valence-corrected chi connectivity index (χ4v) is 2.12. The summed E-state index contributed by atoms with van der Waals surface area (Å²) in [5, 5.41) is 0. The first-order chi connectivity index (χ1) is 7.28. The molecule has 0 saturated heterocycles. The molecule has 90 valence electrons. The Labute approximate surface area is 96.7 Å². The monoisotopic (exact) mass is 224 g/mol. The SMILES string of the molecule is CC(=O)N1CCN=C1C(C)(C)C(=O)C(C)C. The molecular weight excluding hydrogens is 204 g/mol. The van der Waals surface area contributed by atoms with Crippen molar-refractivity contribution < 1.29 is 9.59 Å². The Morgan fingerprint density at radius 3 is 2.38 bits per heavy atom. The van der Waals surface area contributed by atoms with Crippen LogP contribution in [0.2, 0.25) is 0 Å². The molecule has 0 atom stereocenters. The standard InChI is InChI=1S/C12H20N2O2/c1-8(2)10(16)12(4,5)11-13-6-7-14(11)9(3)15/h8H,6-7H2,1-5H3. The van der Waals surface area contributed by atoms with Crippen molar-refractivity contribution in [2.75, 3.05) is 13.1 Å². The van der Waals surface area contributed by atoms with Gasteiger partial charge in [0, 0.05) is 19.4 Å². The Kier molecular flexibility index (Phi) is 3.51. The van der Waals surface area contributed by atoms with Crippen LogP contribution in [0.15, 0.2) is 4.99 Å². The molecule has 0 unspecified atom stereocenters. The average Bonchev–Trinajstić information content (AvgIpc) is 2.65. The van der Waals surface area contributed by atoms with E-state index in [9.17, 15) is 9.59 Å². The fraction of sp³-hybridized carbons (Fsp3) is 0.750. The van der Waals surface area contributed by atoms with Crippen molar-refractivity contribution in [1.82, 2.24) is 4.90 Å². The minimum absolute atomic E-state index is 0.0409. The number of nitrogens with zero attached hydrogens (tertiary/aromatic N) is 2. The van der Waals surface area contributed by atoms with Gasteiger partial charge >= 0.3 is 0 Å². The van der Waals surface area contributed by atoms with Crippen LogP contribution in [-0.4, -0.2) is 35.5 Å². The van der Waals surface area contributed by atoms with Crippen LogP contribution in [0.25, 0.3) is 0 Å². The second kappa shape index (κ2) is 4.36. The summed E-state index contributed by atoms with van der Waals surface area (Å²) in [7, 11) is 0. The van der Waals surface area contributed by atoms with Crippen LogP contribution in [0.5, 0.6) is 0 Å². The third-order valence-electron chi connectivity index (χ3n) is 2.92. The molecule has 1 rings (SSSR count). The lowest BCUT2D eigenvalue weighted by molar-refractivity contribution is -0.128. The lowest BCUT2D eigenvalue weighted by Crippen LogP contribution is -2.46. The van der Waals surface area contributed by atoms with Crippen molar-refractivity contribution in [2.24, 2.45) is 16.3 Å². The molecule has 16 heavy (non-hydrogen) atoms. The van der Waals surface area contributed by atoms with Gasteiger partial charge in [0.2, 0.25) is 5.91 Å². The first-order valence-electron chi connectivity index (χ1n) is 5.65. The maximum absolute atomic E-state index is 12.1. The summed E-state index contributed by atoms with van der Waals surface area (Å²) in [6, 6.07) is 0. The molecule has 0 aromatic heterocycles. The van der Waals surface area contributed by atoms with Gasteiger partial charge in [0.25, 0.3) is 0 Å². The Balaban J connectivity index is 2.99. The number of carbonyl (C=O) groups is 2. The molecular formula is C12H20N2O2. The Morgan fingerprint density at radius 1 is 1.38 bits per heavy atom. The van der Waals surface area contributed by atoms with E-state index in [0.29, 0.717) is 18.9 Å². The highest BCUT2D eigenvalue weighted by molar-refractivity contribution is 6.13. The van der Waals surface area contributed by atoms with Crippen LogP contribution in [0, 0.1) is 11.3 Å². The highest BCUT2D eigenvalue weighted by atomic mass is 16.2. The van der Waals surface area contributed by atoms with E-state index in [1.807, 2.05) is 27.7 Å². The molecule has 0 spiro atoms. The van der Waals surface area contributed by atoms with Crippen molar-refractivity contribution in [1.29, 1.82) is 0 Å². The van der Waals surface area contributed by atoms with Crippen LogP contribution in [0.1, 0.15) is 34.6 Å². The summed E-state index contributed by atoms with van der Waals surface area (Å²) in [4.78, 5) is 29.5. The number of amidine groups is 1. The maximum Gasteiger partial charge on any atom is 0.224 e. The predicted molar refractivity (Wildman–Crippen MR) is 63.3 cm³/mol. The summed E-state index contributed by atoms with van der Waals surface area (Å²) in [5.41, 5.74) is -0.670. The number of amides is 1. The highest BCUT2D eigenvalue weighted by Crippen LogP contribution is 2.27. The number of ketones is 1. The van der Waals surface area contributed by atoms with Gasteiger partial charge in [0.05, 0.1) is 12.0 Å². The lowest BCUT2D eigenvalue weighted by atomic mass is 9.81. The van der Waals surface area contributed by atoms with Gasteiger partial charge < -0.3 is 0 Å². The summed E-state index contributed by atoms with van der Waals surface area (Å²) in [6.07, 6.45) is 0. The van der Waals surface area contributed by atoms with Gasteiger partial charge in [0.1, 0.15) is 11.6 Å². The largest absolute Gasteiger partial charge is 0.298 e. The molecule has 4 heteroatoms. The van der Waals surface area contributed by atoms with E-state index in [-0.39, 0.29) is 17.6 Å². The zero-order chi connectivity index (χ0) is 12.5. The first kappa shape index (κ1) is 12.9. The normalized spacial score (nSPS) is 16.6. The molecule has 0 fully saturated rings. The number of hydrogen-bond donors (Lipinski definition) is 0. The van der Waals surface area contributed by atoms with Gasteiger partial charge in [0.15, 0.2) is 0 Å². The van der Waals surface area contributed by atoms with Gasteiger partial charge in [-0.2, -0.15) is 0 Å². The molecule has 0 N–H and O–H groups in total. The lowest BCUT2D eigenvalue weighted by Gasteiger charge is -2.30. The summed E-state index contributed by atoms with van der Waals surface area (Å²) in [5.74, 6) is 0.658. The van der Waals surface area contributed by atoms with Crippen LogP contribution in [0.4, 0.5) is 0 Å². The fourth-order valence-electron chi connectivity index (χ4n) is 2.12. The summed E-state index contributed by atoms with van der Waals surface area (Å²) >= 11 is 0. The minimum Gasteiger partial charge on any atom is -0.298 e. The zero-order valence-electron chi connectivity index (χ0n) is 10.7. The number of hydrogen-bond acceptors (Lipinski definition) is 3. The van der Waals surface area contributed by atoms with Gasteiger partial charge in [-0.1, -0.05) is 13.8 Å². The van der Waals surface area contributed by atoms with Crippen LogP contribution in [0.3, 0.4) is 0 Å². The van der Waals surface area contributed by atoms with Crippen LogP contribution >= 0.6 is 0 Å². The van der Waals surface area contributed by atoms with Crippen LogP contribution in [-0.2, 0) is 9.59 Å². The van der Waals surface area contributed by atoms with Crippen molar-refractivity contribution >= 4 is 17.5 Å². The molecule has 1 aliphatic heterocycles. The van der Waals surface area contributed by atoms with Gasteiger partial charge in [-0.3, -0.25) is 19.5 Å². The molecule has 1 heterocycles. The van der Waals surface area contributed by atoms with Crippen LogP contribution < -0.4 is 0 Å². The van der Waals surface area contributed by atoms with E-state index >= 15 is 0 Å². The van der Waals surface area contributed by atoms with Gasteiger partial charge in [-0.15, -0.1) is 0 Å². The third-order valence-corrected chi connectivity index (χ3v) is 2.92. The van der Waals surface area contributed by atoms with E-state index < -0.39 is 5.41 Å². The molecule has 0 aliphatic carbocycles. The highest BCUT2D eigenvalue weighted by Gasteiger charge is 2.40. The topological polar surface area (TPSA) is 49.7 Å². The molecule has 0 aromatic rings. The third kappa shape index (κ3) is 2.15. The summed E-state index contributed by atoms with van der Waals surface area (Å²) in [6.45, 7) is 10.1.